The molecule has 2 aromatic carbocycles. The molecule has 0 N–H and O–H groups in total. The number of nitrogens with zero attached hydrogens (tertiary/aromatic N) is 1. The van der Waals surface area contributed by atoms with Gasteiger partial charge in [0, 0.05) is 5.57 Å². The van der Waals surface area contributed by atoms with Gasteiger partial charge >= 0.3 is 0 Å². The molecule has 0 aliphatic rings. The van der Waals surface area contributed by atoms with Crippen LogP contribution in [0.4, 0.5) is 0 Å². The molecule has 0 bridgehead atoms. The molecule has 0 fully saturated rings. The lowest BCUT2D eigenvalue weighted by atomic mass is 10.00. The summed E-state index contributed by atoms with van der Waals surface area (Å²) in [6, 6.07) is 24.5. The lowest BCUT2D eigenvalue weighted by molar-refractivity contribution is 1.15. The van der Waals surface area contributed by atoms with Crippen LogP contribution in [0.1, 0.15) is 31.9 Å². The first kappa shape index (κ1) is 16.5. The molecule has 0 atom stereocenters. The first-order valence-electron chi connectivity index (χ1n) is 8.20. The van der Waals surface area contributed by atoms with Gasteiger partial charge in [-0.15, -0.1) is 0 Å². The summed E-state index contributed by atoms with van der Waals surface area (Å²) in [4.78, 5) is 0. The predicted octanol–water partition coefficient (Wildman–Crippen LogP) is 5.79. The summed E-state index contributed by atoms with van der Waals surface area (Å²) in [5.74, 6) is 3.45. The molecule has 0 saturated heterocycles. The van der Waals surface area contributed by atoms with Gasteiger partial charge in [0.05, 0.1) is 0 Å². The molecule has 0 aliphatic heterocycles. The maximum atomic E-state index is 5.02. The average molecular weight is 308 g/mol. The summed E-state index contributed by atoms with van der Waals surface area (Å²) in [5.41, 5.74) is 3.47. The van der Waals surface area contributed by atoms with Crippen molar-refractivity contribution in [1.82, 2.24) is 0 Å². The van der Waals surface area contributed by atoms with Gasteiger partial charge in [0.15, 0.2) is 8.24 Å². The number of rotatable bonds is 6. The van der Waals surface area contributed by atoms with Crippen LogP contribution in [0.3, 0.4) is 0 Å². The third-order valence-electron chi connectivity index (χ3n) is 4.50. The van der Waals surface area contributed by atoms with Crippen LogP contribution >= 0.6 is 0 Å². The fourth-order valence-corrected chi connectivity index (χ4v) is 4.99. The van der Waals surface area contributed by atoms with Gasteiger partial charge in [-0.1, -0.05) is 81.4 Å². The summed E-state index contributed by atoms with van der Waals surface area (Å²) in [5, 5.41) is 0. The molecule has 0 aliphatic carbocycles. The summed E-state index contributed by atoms with van der Waals surface area (Å²) >= 11 is 0. The number of hydrogen-bond acceptors (Lipinski definition) is 1. The van der Waals surface area contributed by atoms with Crippen molar-refractivity contribution in [3.63, 3.8) is 0 Å². The van der Waals surface area contributed by atoms with Crippen LogP contribution in [0.25, 0.3) is 5.57 Å². The van der Waals surface area contributed by atoms with E-state index in [0.29, 0.717) is 0 Å². The van der Waals surface area contributed by atoms with E-state index in [1.54, 1.807) is 0 Å². The summed E-state index contributed by atoms with van der Waals surface area (Å²) < 4.78 is 5.02. The van der Waals surface area contributed by atoms with Crippen molar-refractivity contribution in [1.29, 1.82) is 0 Å². The molecule has 0 unspecified atom stereocenters. The van der Waals surface area contributed by atoms with Crippen molar-refractivity contribution in [3.05, 3.63) is 71.8 Å². The van der Waals surface area contributed by atoms with E-state index in [4.69, 9.17) is 4.66 Å². The lowest BCUT2D eigenvalue weighted by Gasteiger charge is -2.20. The minimum atomic E-state index is -1.55. The van der Waals surface area contributed by atoms with Crippen LogP contribution in [0.5, 0.6) is 0 Å². The Balaban J connectivity index is 2.57. The molecular weight excluding hydrogens is 282 g/mol. The summed E-state index contributed by atoms with van der Waals surface area (Å²) in [7, 11) is -1.55. The number of hydrogen-bond donors (Lipinski definition) is 0. The average Bonchev–Trinajstić information content (AvgIpc) is 2.61. The topological polar surface area (TPSA) is 12.4 Å². The Morgan fingerprint density at radius 1 is 0.773 bits per heavy atom. The molecule has 0 amide bonds. The standard InChI is InChI=1S/C20H25NSi/c1-4-22(5-2,6-3)21-17-20(18-13-9-7-10-14-18)19-15-11-8-12-16-19/h7-16H,4-6H2,1-3H3. The first-order valence-corrected chi connectivity index (χ1v) is 10.8. The Bertz CT molecular complexity index is 586. The molecule has 22 heavy (non-hydrogen) atoms. The molecular formula is C20H25NSi. The quantitative estimate of drug-likeness (QED) is 0.473. The zero-order valence-electron chi connectivity index (χ0n) is 13.8. The van der Waals surface area contributed by atoms with E-state index in [9.17, 15) is 0 Å². The van der Waals surface area contributed by atoms with Crippen LogP contribution in [0.2, 0.25) is 18.1 Å². The third-order valence-corrected chi connectivity index (χ3v) is 9.04. The van der Waals surface area contributed by atoms with E-state index >= 15 is 0 Å². The van der Waals surface area contributed by atoms with Gasteiger partial charge in [-0.05, 0) is 35.1 Å². The molecule has 0 heterocycles. The zero-order chi connectivity index (χ0) is 15.8. The Hall–Kier alpha value is -1.89. The van der Waals surface area contributed by atoms with Crippen molar-refractivity contribution >= 4 is 19.7 Å². The number of benzene rings is 2. The lowest BCUT2D eigenvalue weighted by Crippen LogP contribution is -2.28. The molecule has 0 spiro atoms. The van der Waals surface area contributed by atoms with Gasteiger partial charge in [0.2, 0.25) is 0 Å². The largest absolute Gasteiger partial charge is 0.283 e. The molecule has 2 heteroatoms. The van der Waals surface area contributed by atoms with Gasteiger partial charge in [0.25, 0.3) is 0 Å². The predicted molar refractivity (Wildman–Crippen MR) is 100 cm³/mol. The maximum Gasteiger partial charge on any atom is 0.193 e. The van der Waals surface area contributed by atoms with E-state index in [-0.39, 0.29) is 0 Å². The smallest absolute Gasteiger partial charge is 0.193 e. The molecule has 2 rings (SSSR count). The summed E-state index contributed by atoms with van der Waals surface area (Å²) in [6.45, 7) is 6.82. The zero-order valence-corrected chi connectivity index (χ0v) is 14.8. The molecule has 114 valence electrons. The van der Waals surface area contributed by atoms with Gasteiger partial charge in [-0.2, -0.15) is 0 Å². The van der Waals surface area contributed by atoms with E-state index in [0.717, 1.165) is 5.57 Å². The van der Waals surface area contributed by atoms with Crippen molar-refractivity contribution in [2.75, 3.05) is 0 Å². The monoisotopic (exact) mass is 307 g/mol. The van der Waals surface area contributed by atoms with E-state index in [2.05, 4.69) is 75.2 Å². The minimum Gasteiger partial charge on any atom is -0.283 e. The maximum absolute atomic E-state index is 5.02. The highest BCUT2D eigenvalue weighted by molar-refractivity contribution is 6.78. The second-order valence-electron chi connectivity index (χ2n) is 5.62. The molecule has 0 aromatic heterocycles. The van der Waals surface area contributed by atoms with Gasteiger partial charge in [-0.25, -0.2) is 0 Å². The molecule has 0 radical (unpaired) electrons. The van der Waals surface area contributed by atoms with E-state index < -0.39 is 8.24 Å². The van der Waals surface area contributed by atoms with Crippen LogP contribution in [-0.2, 0) is 0 Å². The van der Waals surface area contributed by atoms with Crippen molar-refractivity contribution in [2.24, 2.45) is 4.66 Å². The van der Waals surface area contributed by atoms with Crippen LogP contribution in [-0.4, -0.2) is 14.1 Å². The fraction of sp³-hybridized carbons (Fsp3) is 0.300. The van der Waals surface area contributed by atoms with E-state index in [1.807, 2.05) is 12.1 Å². The van der Waals surface area contributed by atoms with Crippen molar-refractivity contribution in [2.45, 2.75) is 38.9 Å². The Morgan fingerprint density at radius 3 is 1.55 bits per heavy atom. The van der Waals surface area contributed by atoms with Gasteiger partial charge in [0.1, 0.15) is 0 Å². The third kappa shape index (κ3) is 3.85. The van der Waals surface area contributed by atoms with Crippen molar-refractivity contribution < 1.29 is 0 Å². The Kier molecular flexibility index (Phi) is 5.94. The SMILES string of the molecule is CC[Si](CC)(CC)N=C=C(c1ccccc1)c1ccccc1. The van der Waals surface area contributed by atoms with Crippen LogP contribution in [0, 0.1) is 0 Å². The highest BCUT2D eigenvalue weighted by Gasteiger charge is 2.26. The highest BCUT2D eigenvalue weighted by Crippen LogP contribution is 2.23. The molecule has 2 aromatic rings. The Morgan fingerprint density at radius 2 is 1.18 bits per heavy atom. The van der Waals surface area contributed by atoms with Crippen molar-refractivity contribution in [3.8, 4) is 0 Å². The van der Waals surface area contributed by atoms with Crippen LogP contribution in [0.15, 0.2) is 65.3 Å². The normalized spacial score (nSPS) is 10.9. The van der Waals surface area contributed by atoms with Gasteiger partial charge < -0.3 is 0 Å². The van der Waals surface area contributed by atoms with E-state index in [1.165, 1.54) is 29.3 Å². The Labute approximate surface area is 135 Å². The fourth-order valence-electron chi connectivity index (χ4n) is 2.67. The minimum absolute atomic E-state index is 1.11. The highest BCUT2D eigenvalue weighted by atomic mass is 28.3. The molecule has 0 saturated carbocycles. The van der Waals surface area contributed by atoms with Gasteiger partial charge in [-0.3, -0.25) is 4.66 Å². The summed E-state index contributed by atoms with van der Waals surface area (Å²) in [6.07, 6.45) is 0. The molecule has 1 nitrogen and oxygen atoms in total. The van der Waals surface area contributed by atoms with Crippen LogP contribution < -0.4 is 0 Å². The first-order chi connectivity index (χ1) is 10.7. The second-order valence-corrected chi connectivity index (χ2v) is 10.4. The second kappa shape index (κ2) is 7.93.